The van der Waals surface area contributed by atoms with Crippen molar-refractivity contribution in [3.63, 3.8) is 0 Å². The first-order chi connectivity index (χ1) is 14.4. The molecule has 1 amide bonds. The molecule has 0 aliphatic heterocycles. The number of carbonyl (C=O) groups is 2. The van der Waals surface area contributed by atoms with Crippen LogP contribution in [0.2, 0.25) is 0 Å². The van der Waals surface area contributed by atoms with Gasteiger partial charge in [-0.2, -0.15) is 0 Å². The minimum Gasteiger partial charge on any atom is -0.481 e. The van der Waals surface area contributed by atoms with Gasteiger partial charge in [-0.1, -0.05) is 42.5 Å². The zero-order valence-electron chi connectivity index (χ0n) is 16.5. The number of ether oxygens (including phenoxy) is 1. The lowest BCUT2D eigenvalue weighted by Gasteiger charge is -2.14. The van der Waals surface area contributed by atoms with E-state index < -0.39 is 5.97 Å². The average molecular weight is 424 g/mol. The number of carboxylic acid groups (broad SMARTS) is 1. The SMILES string of the molecule is Cc1cc(CC(=O)O)ccc1Oc1ccc(C(=O)N(Cl)CCc2ccccc2)cc1. The third-order valence-corrected chi connectivity index (χ3v) is 4.91. The van der Waals surface area contributed by atoms with Gasteiger partial charge in [0.25, 0.3) is 5.91 Å². The maximum Gasteiger partial charge on any atom is 0.307 e. The predicted octanol–water partition coefficient (Wildman–Crippen LogP) is 5.25. The monoisotopic (exact) mass is 423 g/mol. The second-order valence-electron chi connectivity index (χ2n) is 6.92. The van der Waals surface area contributed by atoms with E-state index in [4.69, 9.17) is 21.6 Å². The number of aryl methyl sites for hydroxylation is 1. The van der Waals surface area contributed by atoms with Crippen LogP contribution in [0.15, 0.2) is 72.8 Å². The van der Waals surface area contributed by atoms with E-state index in [1.165, 1.54) is 4.42 Å². The molecule has 1 N–H and O–H groups in total. The molecule has 3 aromatic rings. The second-order valence-corrected chi connectivity index (χ2v) is 7.33. The Kier molecular flexibility index (Phi) is 7.09. The van der Waals surface area contributed by atoms with Crippen LogP contribution in [0.4, 0.5) is 0 Å². The van der Waals surface area contributed by atoms with Gasteiger partial charge in [0.2, 0.25) is 0 Å². The lowest BCUT2D eigenvalue weighted by Crippen LogP contribution is -2.23. The number of hydrogen-bond donors (Lipinski definition) is 1. The molecule has 0 radical (unpaired) electrons. The number of amides is 1. The summed E-state index contributed by atoms with van der Waals surface area (Å²) in [5, 5.41) is 8.89. The van der Waals surface area contributed by atoms with Crippen LogP contribution in [-0.2, 0) is 17.6 Å². The van der Waals surface area contributed by atoms with E-state index in [1.54, 1.807) is 42.5 Å². The normalized spacial score (nSPS) is 10.5. The van der Waals surface area contributed by atoms with Crippen LogP contribution in [0.5, 0.6) is 11.5 Å². The molecule has 0 saturated heterocycles. The topological polar surface area (TPSA) is 66.8 Å². The molecule has 0 aromatic heterocycles. The summed E-state index contributed by atoms with van der Waals surface area (Å²) >= 11 is 6.17. The largest absolute Gasteiger partial charge is 0.481 e. The first-order valence-electron chi connectivity index (χ1n) is 9.53. The first-order valence-corrected chi connectivity index (χ1v) is 9.87. The Bertz CT molecular complexity index is 1020. The summed E-state index contributed by atoms with van der Waals surface area (Å²) in [6.07, 6.45) is 0.644. The number of aliphatic carboxylic acids is 1. The summed E-state index contributed by atoms with van der Waals surface area (Å²) in [7, 11) is 0. The third kappa shape index (κ3) is 5.84. The van der Waals surface area contributed by atoms with Gasteiger partial charge < -0.3 is 9.84 Å². The van der Waals surface area contributed by atoms with E-state index in [0.717, 1.165) is 11.1 Å². The van der Waals surface area contributed by atoms with Gasteiger partial charge in [-0.15, -0.1) is 0 Å². The highest BCUT2D eigenvalue weighted by atomic mass is 35.5. The van der Waals surface area contributed by atoms with Crippen LogP contribution >= 0.6 is 11.8 Å². The molecule has 30 heavy (non-hydrogen) atoms. The summed E-state index contributed by atoms with van der Waals surface area (Å²) in [5.41, 5.74) is 3.14. The molecule has 0 fully saturated rings. The first kappa shape index (κ1) is 21.4. The van der Waals surface area contributed by atoms with Crippen LogP contribution in [0.1, 0.15) is 27.0 Å². The molecule has 0 aliphatic rings. The standard InChI is InChI=1S/C24H22ClNO4/c1-17-15-19(16-23(27)28)7-12-22(17)30-21-10-8-20(9-11-21)24(29)26(25)14-13-18-5-3-2-4-6-18/h2-12,15H,13-14,16H2,1H3,(H,27,28). The summed E-state index contributed by atoms with van der Waals surface area (Å²) < 4.78 is 7.05. The van der Waals surface area contributed by atoms with Crippen molar-refractivity contribution in [2.24, 2.45) is 0 Å². The Morgan fingerprint density at radius 2 is 1.67 bits per heavy atom. The Morgan fingerprint density at radius 3 is 2.30 bits per heavy atom. The molecule has 0 spiro atoms. The number of hydrogen-bond acceptors (Lipinski definition) is 3. The van der Waals surface area contributed by atoms with E-state index in [2.05, 4.69) is 0 Å². The third-order valence-electron chi connectivity index (χ3n) is 4.58. The van der Waals surface area contributed by atoms with Crippen molar-refractivity contribution >= 4 is 23.7 Å². The number of benzene rings is 3. The van der Waals surface area contributed by atoms with Crippen LogP contribution in [0, 0.1) is 6.92 Å². The summed E-state index contributed by atoms with van der Waals surface area (Å²) in [4.78, 5) is 23.4. The number of carboxylic acids is 1. The zero-order valence-corrected chi connectivity index (χ0v) is 17.3. The maximum absolute atomic E-state index is 12.5. The van der Waals surface area contributed by atoms with E-state index in [-0.39, 0.29) is 12.3 Å². The summed E-state index contributed by atoms with van der Waals surface area (Å²) in [5.74, 6) is 0.0601. The van der Waals surface area contributed by atoms with Gasteiger partial charge >= 0.3 is 5.97 Å². The highest BCUT2D eigenvalue weighted by molar-refractivity contribution is 6.24. The Labute approximate surface area is 180 Å². The molecule has 0 heterocycles. The van der Waals surface area contributed by atoms with Crippen molar-refractivity contribution in [1.82, 2.24) is 4.42 Å². The fourth-order valence-electron chi connectivity index (χ4n) is 3.02. The Balaban J connectivity index is 1.60. The van der Waals surface area contributed by atoms with Crippen LogP contribution in [0.3, 0.4) is 0 Å². The van der Waals surface area contributed by atoms with Crippen molar-refractivity contribution in [3.8, 4) is 11.5 Å². The highest BCUT2D eigenvalue weighted by Gasteiger charge is 2.14. The molecule has 3 aromatic carbocycles. The van der Waals surface area contributed by atoms with Crippen LogP contribution < -0.4 is 4.74 Å². The molecular weight excluding hydrogens is 402 g/mol. The zero-order chi connectivity index (χ0) is 21.5. The van der Waals surface area contributed by atoms with Gasteiger partial charge in [-0.25, -0.2) is 0 Å². The van der Waals surface area contributed by atoms with Gasteiger partial charge in [0.15, 0.2) is 0 Å². The van der Waals surface area contributed by atoms with E-state index in [9.17, 15) is 9.59 Å². The van der Waals surface area contributed by atoms with Gasteiger partial charge in [0.1, 0.15) is 11.5 Å². The average Bonchev–Trinajstić information content (AvgIpc) is 2.74. The highest BCUT2D eigenvalue weighted by Crippen LogP contribution is 2.26. The fourth-order valence-corrected chi connectivity index (χ4v) is 3.20. The predicted molar refractivity (Wildman–Crippen MR) is 116 cm³/mol. The Hall–Kier alpha value is -3.31. The van der Waals surface area contributed by atoms with E-state index in [0.29, 0.717) is 35.6 Å². The van der Waals surface area contributed by atoms with E-state index in [1.807, 2.05) is 37.3 Å². The molecule has 0 unspecified atom stereocenters. The molecule has 154 valence electrons. The van der Waals surface area contributed by atoms with Crippen molar-refractivity contribution in [1.29, 1.82) is 0 Å². The fraction of sp³-hybridized carbons (Fsp3) is 0.167. The quantitative estimate of drug-likeness (QED) is 0.502. The Morgan fingerprint density at radius 1 is 0.967 bits per heavy atom. The number of nitrogens with zero attached hydrogens (tertiary/aromatic N) is 1. The molecule has 6 heteroatoms. The van der Waals surface area contributed by atoms with Crippen molar-refractivity contribution in [3.05, 3.63) is 95.1 Å². The molecule has 0 saturated carbocycles. The van der Waals surface area contributed by atoms with Crippen LogP contribution in [0.25, 0.3) is 0 Å². The van der Waals surface area contributed by atoms with Gasteiger partial charge in [0.05, 0.1) is 6.42 Å². The molecule has 0 atom stereocenters. The van der Waals surface area contributed by atoms with Crippen molar-refractivity contribution in [2.75, 3.05) is 6.54 Å². The lowest BCUT2D eigenvalue weighted by molar-refractivity contribution is -0.136. The van der Waals surface area contributed by atoms with Gasteiger partial charge in [-0.05, 0) is 60.4 Å². The van der Waals surface area contributed by atoms with Gasteiger partial charge in [0, 0.05) is 23.9 Å². The second kappa shape index (κ2) is 9.94. The lowest BCUT2D eigenvalue weighted by atomic mass is 10.1. The number of halogens is 1. The minimum atomic E-state index is -0.875. The summed E-state index contributed by atoms with van der Waals surface area (Å²) in [6.45, 7) is 2.27. The summed E-state index contributed by atoms with van der Waals surface area (Å²) in [6, 6.07) is 21.9. The molecular formula is C24H22ClNO4. The molecule has 0 bridgehead atoms. The van der Waals surface area contributed by atoms with E-state index >= 15 is 0 Å². The number of carbonyl (C=O) groups excluding carboxylic acids is 1. The minimum absolute atomic E-state index is 0.0306. The molecule has 0 aliphatic carbocycles. The maximum atomic E-state index is 12.5. The smallest absolute Gasteiger partial charge is 0.307 e. The van der Waals surface area contributed by atoms with Gasteiger partial charge in [-0.3, -0.25) is 14.0 Å². The van der Waals surface area contributed by atoms with Crippen LogP contribution in [-0.4, -0.2) is 27.9 Å². The number of rotatable bonds is 8. The molecule has 3 rings (SSSR count). The van der Waals surface area contributed by atoms with Crippen molar-refractivity contribution < 1.29 is 19.4 Å². The molecule has 5 nitrogen and oxygen atoms in total. The van der Waals surface area contributed by atoms with Crippen molar-refractivity contribution in [2.45, 2.75) is 19.8 Å².